The van der Waals surface area contributed by atoms with E-state index in [1.54, 1.807) is 29.2 Å². The number of nitrogens with zero attached hydrogens (tertiary/aromatic N) is 1. The molecule has 3 aromatic carbocycles. The molecule has 0 saturated carbocycles. The number of urea groups is 1. The minimum atomic E-state index is -0.188. The third-order valence-corrected chi connectivity index (χ3v) is 5.89. The third-order valence-electron chi connectivity index (χ3n) is 5.89. The van der Waals surface area contributed by atoms with Gasteiger partial charge in [0.1, 0.15) is 0 Å². The molecule has 0 aliphatic carbocycles. The first kappa shape index (κ1) is 20.9. The third kappa shape index (κ3) is 4.62. The van der Waals surface area contributed by atoms with Crippen molar-refractivity contribution in [2.75, 3.05) is 23.6 Å². The van der Waals surface area contributed by atoms with Gasteiger partial charge < -0.3 is 20.1 Å². The Hall–Kier alpha value is -4.00. The SMILES string of the molecule is O=C(NCc1ccc2c(c1)OCO2)c1ccc(NC(=O)N2CCCCc3ccccc32)cc1. The Morgan fingerprint density at radius 1 is 0.909 bits per heavy atom. The lowest BCUT2D eigenvalue weighted by atomic mass is 10.1. The summed E-state index contributed by atoms with van der Waals surface area (Å²) in [5.74, 6) is 1.22. The van der Waals surface area contributed by atoms with E-state index < -0.39 is 0 Å². The molecule has 0 fully saturated rings. The molecule has 33 heavy (non-hydrogen) atoms. The number of ether oxygens (including phenoxy) is 2. The zero-order chi connectivity index (χ0) is 22.6. The molecular weight excluding hydrogens is 418 g/mol. The number of para-hydroxylation sites is 1. The molecule has 5 rings (SSSR count). The Morgan fingerprint density at radius 3 is 2.61 bits per heavy atom. The molecule has 3 amide bonds. The zero-order valence-corrected chi connectivity index (χ0v) is 18.2. The van der Waals surface area contributed by atoms with Crippen LogP contribution in [0.25, 0.3) is 0 Å². The average molecular weight is 444 g/mol. The summed E-state index contributed by atoms with van der Waals surface area (Å²) in [5, 5.41) is 5.86. The van der Waals surface area contributed by atoms with Crippen molar-refractivity contribution in [3.63, 3.8) is 0 Å². The highest BCUT2D eigenvalue weighted by atomic mass is 16.7. The molecule has 3 aromatic rings. The van der Waals surface area contributed by atoms with Crippen LogP contribution in [0.1, 0.15) is 34.3 Å². The van der Waals surface area contributed by atoms with Gasteiger partial charge in [-0.15, -0.1) is 0 Å². The Bertz CT molecular complexity index is 1180. The van der Waals surface area contributed by atoms with Crippen molar-refractivity contribution in [2.24, 2.45) is 0 Å². The van der Waals surface area contributed by atoms with Crippen molar-refractivity contribution in [1.82, 2.24) is 5.32 Å². The minimum absolute atomic E-state index is 0.163. The number of anilines is 2. The first-order valence-corrected chi connectivity index (χ1v) is 11.1. The number of carbonyl (C=O) groups excluding carboxylic acids is 2. The molecule has 0 bridgehead atoms. The van der Waals surface area contributed by atoms with Crippen molar-refractivity contribution in [1.29, 1.82) is 0 Å². The van der Waals surface area contributed by atoms with E-state index in [4.69, 9.17) is 9.47 Å². The van der Waals surface area contributed by atoms with Crippen molar-refractivity contribution in [3.05, 3.63) is 83.4 Å². The number of hydrogen-bond acceptors (Lipinski definition) is 4. The van der Waals surface area contributed by atoms with Gasteiger partial charge in [0.15, 0.2) is 11.5 Å². The fraction of sp³-hybridized carbons (Fsp3) is 0.231. The predicted molar refractivity (Wildman–Crippen MR) is 126 cm³/mol. The molecular formula is C26H25N3O4. The maximum absolute atomic E-state index is 13.0. The molecule has 0 radical (unpaired) electrons. The van der Waals surface area contributed by atoms with Crippen LogP contribution in [0.3, 0.4) is 0 Å². The summed E-state index contributed by atoms with van der Waals surface area (Å²) in [5.41, 5.74) is 4.25. The highest BCUT2D eigenvalue weighted by Crippen LogP contribution is 2.32. The Morgan fingerprint density at radius 2 is 1.73 bits per heavy atom. The average Bonchev–Trinajstić information content (AvgIpc) is 3.20. The van der Waals surface area contributed by atoms with Gasteiger partial charge in [0.25, 0.3) is 5.91 Å². The van der Waals surface area contributed by atoms with Gasteiger partial charge >= 0.3 is 6.03 Å². The lowest BCUT2D eigenvalue weighted by molar-refractivity contribution is 0.0951. The number of nitrogens with one attached hydrogen (secondary N) is 2. The summed E-state index contributed by atoms with van der Waals surface area (Å²) in [7, 11) is 0. The number of fused-ring (bicyclic) bond motifs is 2. The van der Waals surface area contributed by atoms with E-state index in [2.05, 4.69) is 16.7 Å². The van der Waals surface area contributed by atoms with Crippen molar-refractivity contribution < 1.29 is 19.1 Å². The van der Waals surface area contributed by atoms with Crippen LogP contribution in [0.2, 0.25) is 0 Å². The number of amides is 3. The normalized spacial score (nSPS) is 14.2. The fourth-order valence-corrected chi connectivity index (χ4v) is 4.13. The summed E-state index contributed by atoms with van der Waals surface area (Å²) < 4.78 is 10.7. The van der Waals surface area contributed by atoms with Crippen LogP contribution >= 0.6 is 0 Å². The van der Waals surface area contributed by atoms with Crippen LogP contribution in [-0.2, 0) is 13.0 Å². The molecule has 0 spiro atoms. The summed E-state index contributed by atoms with van der Waals surface area (Å²) in [6.45, 7) is 1.28. The standard InChI is InChI=1S/C26H25N3O4/c30-25(27-16-18-8-13-23-24(15-18)33-17-32-23)20-9-11-21(12-10-20)28-26(31)29-14-4-3-6-19-5-1-2-7-22(19)29/h1-2,5,7-13,15H,3-4,6,14,16-17H2,(H,27,30)(H,28,31). The molecule has 7 heteroatoms. The second-order valence-electron chi connectivity index (χ2n) is 8.12. The highest BCUT2D eigenvalue weighted by molar-refractivity contribution is 6.02. The highest BCUT2D eigenvalue weighted by Gasteiger charge is 2.21. The molecule has 168 valence electrons. The number of hydrogen-bond donors (Lipinski definition) is 2. The van der Waals surface area contributed by atoms with Crippen LogP contribution in [-0.4, -0.2) is 25.3 Å². The first-order chi connectivity index (χ1) is 16.2. The van der Waals surface area contributed by atoms with Gasteiger partial charge in [-0.25, -0.2) is 4.79 Å². The summed E-state index contributed by atoms with van der Waals surface area (Å²) in [4.78, 5) is 27.3. The number of rotatable bonds is 4. The summed E-state index contributed by atoms with van der Waals surface area (Å²) in [6.07, 6.45) is 3.01. The number of carbonyl (C=O) groups is 2. The van der Waals surface area contributed by atoms with Gasteiger partial charge in [0, 0.05) is 30.0 Å². The van der Waals surface area contributed by atoms with E-state index in [-0.39, 0.29) is 18.7 Å². The van der Waals surface area contributed by atoms with Crippen molar-refractivity contribution in [2.45, 2.75) is 25.8 Å². The van der Waals surface area contributed by atoms with Gasteiger partial charge in [-0.2, -0.15) is 0 Å². The smallest absolute Gasteiger partial charge is 0.326 e. The van der Waals surface area contributed by atoms with Crippen molar-refractivity contribution >= 4 is 23.3 Å². The Labute approximate surface area is 192 Å². The minimum Gasteiger partial charge on any atom is -0.454 e. The molecule has 2 aliphatic heterocycles. The van der Waals surface area contributed by atoms with Crippen LogP contribution < -0.4 is 25.0 Å². The van der Waals surface area contributed by atoms with Crippen LogP contribution in [0.4, 0.5) is 16.2 Å². The largest absolute Gasteiger partial charge is 0.454 e. The first-order valence-electron chi connectivity index (χ1n) is 11.1. The van der Waals surface area contributed by atoms with Crippen LogP contribution in [0, 0.1) is 0 Å². The van der Waals surface area contributed by atoms with Gasteiger partial charge in [-0.05, 0) is 72.9 Å². The Kier molecular flexibility index (Phi) is 5.85. The maximum Gasteiger partial charge on any atom is 0.326 e. The van der Waals surface area contributed by atoms with E-state index in [1.807, 2.05) is 36.4 Å². The van der Waals surface area contributed by atoms with Gasteiger partial charge in [-0.3, -0.25) is 9.69 Å². The molecule has 7 nitrogen and oxygen atoms in total. The zero-order valence-electron chi connectivity index (χ0n) is 18.2. The van der Waals surface area contributed by atoms with Gasteiger partial charge in [0.2, 0.25) is 6.79 Å². The second kappa shape index (κ2) is 9.24. The van der Waals surface area contributed by atoms with Gasteiger partial charge in [0.05, 0.1) is 0 Å². The number of aryl methyl sites for hydroxylation is 1. The molecule has 0 saturated heterocycles. The quantitative estimate of drug-likeness (QED) is 0.612. The van der Waals surface area contributed by atoms with E-state index in [9.17, 15) is 9.59 Å². The molecule has 2 N–H and O–H groups in total. The Balaban J connectivity index is 1.20. The molecule has 0 atom stereocenters. The molecule has 0 aromatic heterocycles. The molecule has 2 aliphatic rings. The van der Waals surface area contributed by atoms with E-state index in [1.165, 1.54) is 5.56 Å². The molecule has 0 unspecified atom stereocenters. The van der Waals surface area contributed by atoms with Crippen LogP contribution in [0.5, 0.6) is 11.5 Å². The topological polar surface area (TPSA) is 79.9 Å². The second-order valence-corrected chi connectivity index (χ2v) is 8.12. The fourth-order valence-electron chi connectivity index (χ4n) is 4.13. The van der Waals surface area contributed by atoms with Crippen LogP contribution in [0.15, 0.2) is 66.7 Å². The number of benzene rings is 3. The van der Waals surface area contributed by atoms with Crippen molar-refractivity contribution in [3.8, 4) is 11.5 Å². The monoisotopic (exact) mass is 443 g/mol. The lowest BCUT2D eigenvalue weighted by Gasteiger charge is -2.23. The molecule has 2 heterocycles. The van der Waals surface area contributed by atoms with E-state index >= 15 is 0 Å². The maximum atomic E-state index is 13.0. The summed E-state index contributed by atoms with van der Waals surface area (Å²) in [6, 6.07) is 20.4. The lowest BCUT2D eigenvalue weighted by Crippen LogP contribution is -2.35. The van der Waals surface area contributed by atoms with Gasteiger partial charge in [-0.1, -0.05) is 24.3 Å². The van der Waals surface area contributed by atoms with E-state index in [0.29, 0.717) is 35.8 Å². The predicted octanol–water partition coefficient (Wildman–Crippen LogP) is 4.72. The summed E-state index contributed by atoms with van der Waals surface area (Å²) >= 11 is 0. The van der Waals surface area contributed by atoms with E-state index in [0.717, 1.165) is 30.5 Å².